The lowest BCUT2D eigenvalue weighted by atomic mass is 9.97. The number of rotatable bonds is 6. The summed E-state index contributed by atoms with van der Waals surface area (Å²) in [6.45, 7) is 7.52. The largest absolute Gasteiger partial charge is 0.452 e. The maximum Gasteiger partial charge on any atom is 0.245 e. The van der Waals surface area contributed by atoms with Gasteiger partial charge < -0.3 is 14.5 Å². The van der Waals surface area contributed by atoms with E-state index in [0.29, 0.717) is 25.3 Å². The van der Waals surface area contributed by atoms with Crippen LogP contribution < -0.4 is 10.0 Å². The Morgan fingerprint density at radius 2 is 2.24 bits per heavy atom. The predicted molar refractivity (Wildman–Crippen MR) is 82.5 cm³/mol. The van der Waals surface area contributed by atoms with Gasteiger partial charge in [-0.3, -0.25) is 0 Å². The molecule has 0 aromatic carbocycles. The topological polar surface area (TPSA) is 80.6 Å². The normalized spacial score (nSPS) is 26.4. The summed E-state index contributed by atoms with van der Waals surface area (Å²) in [7, 11) is -3.67. The Morgan fingerprint density at radius 1 is 1.52 bits per heavy atom. The summed E-state index contributed by atoms with van der Waals surface area (Å²) >= 11 is 3.18. The van der Waals surface area contributed by atoms with Gasteiger partial charge in [-0.25, -0.2) is 13.1 Å². The van der Waals surface area contributed by atoms with Crippen LogP contribution in [0.1, 0.15) is 33.0 Å². The first-order valence-electron chi connectivity index (χ1n) is 6.93. The minimum Gasteiger partial charge on any atom is -0.452 e. The van der Waals surface area contributed by atoms with Gasteiger partial charge in [-0.15, -0.1) is 0 Å². The van der Waals surface area contributed by atoms with Gasteiger partial charge in [0.2, 0.25) is 10.0 Å². The fourth-order valence-electron chi connectivity index (χ4n) is 2.25. The number of nitrogens with one attached hydrogen (secondary N) is 2. The second-order valence-corrected chi connectivity index (χ2v) is 7.79. The molecule has 1 aliphatic rings. The zero-order valence-electron chi connectivity index (χ0n) is 12.4. The minimum atomic E-state index is -3.67. The molecule has 2 N–H and O–H groups in total. The number of sulfonamides is 1. The fraction of sp³-hybridized carbons (Fsp3) is 0.692. The molecule has 120 valence electrons. The Kier molecular flexibility index (Phi) is 5.15. The van der Waals surface area contributed by atoms with E-state index in [4.69, 9.17) is 9.15 Å². The van der Waals surface area contributed by atoms with E-state index < -0.39 is 15.6 Å². The summed E-state index contributed by atoms with van der Waals surface area (Å²) < 4.78 is 39.0. The maximum absolute atomic E-state index is 12.6. The minimum absolute atomic E-state index is 0.121. The van der Waals surface area contributed by atoms with Gasteiger partial charge in [-0.05, 0) is 42.7 Å². The summed E-state index contributed by atoms with van der Waals surface area (Å²) in [6, 6.07) is 1.54. The van der Waals surface area contributed by atoms with Crippen LogP contribution >= 0.6 is 15.9 Å². The van der Waals surface area contributed by atoms with Gasteiger partial charge in [0.05, 0.1) is 18.2 Å². The first-order chi connectivity index (χ1) is 9.78. The second-order valence-electron chi connectivity index (χ2n) is 5.42. The van der Waals surface area contributed by atoms with E-state index in [2.05, 4.69) is 26.0 Å². The molecule has 2 rings (SSSR count). The van der Waals surface area contributed by atoms with Crippen LogP contribution in [0.5, 0.6) is 0 Å². The van der Waals surface area contributed by atoms with Crippen LogP contribution in [0.4, 0.5) is 0 Å². The Hall–Kier alpha value is -0.410. The molecular formula is C13H21BrN2O4S. The summed E-state index contributed by atoms with van der Waals surface area (Å²) in [5.74, 6) is 0.574. The highest BCUT2D eigenvalue weighted by Gasteiger charge is 2.41. The number of hydrogen-bond donors (Lipinski definition) is 2. The van der Waals surface area contributed by atoms with Gasteiger partial charge in [0.15, 0.2) is 4.67 Å². The number of hydrogen-bond acceptors (Lipinski definition) is 5. The van der Waals surface area contributed by atoms with E-state index in [1.807, 2.05) is 20.8 Å². The van der Waals surface area contributed by atoms with Gasteiger partial charge in [-0.1, -0.05) is 6.92 Å². The zero-order chi connectivity index (χ0) is 15.7. The fourth-order valence-corrected chi connectivity index (χ4v) is 4.74. The van der Waals surface area contributed by atoms with Crippen molar-refractivity contribution < 1.29 is 17.6 Å². The number of halogens is 1. The van der Waals surface area contributed by atoms with E-state index in [-0.39, 0.29) is 15.7 Å². The molecular weight excluding hydrogens is 360 g/mol. The molecule has 2 heterocycles. The van der Waals surface area contributed by atoms with Crippen molar-refractivity contribution in [1.29, 1.82) is 0 Å². The molecule has 1 saturated heterocycles. The standard InChI is InChI=1S/C13H21BrN2O4S/c1-4-15-8-10-7-11(12(14)20-10)21(17,18)16-13(3)5-6-19-9(13)2/h7,9,15-16H,4-6,8H2,1-3H3. The molecule has 0 spiro atoms. The smallest absolute Gasteiger partial charge is 0.245 e. The third kappa shape index (κ3) is 3.68. The summed E-state index contributed by atoms with van der Waals surface area (Å²) in [5, 5.41) is 3.09. The zero-order valence-corrected chi connectivity index (χ0v) is 14.8. The van der Waals surface area contributed by atoms with Gasteiger partial charge in [-0.2, -0.15) is 0 Å². The van der Waals surface area contributed by atoms with Crippen LogP contribution in [0.2, 0.25) is 0 Å². The molecule has 1 aromatic rings. The molecule has 2 unspecified atom stereocenters. The quantitative estimate of drug-likeness (QED) is 0.788. The van der Waals surface area contributed by atoms with E-state index in [1.165, 1.54) is 0 Å². The molecule has 21 heavy (non-hydrogen) atoms. The molecule has 0 aliphatic carbocycles. The Labute approximate surface area is 133 Å². The average Bonchev–Trinajstić information content (AvgIpc) is 2.91. The molecule has 2 atom stereocenters. The van der Waals surface area contributed by atoms with Gasteiger partial charge in [0.25, 0.3) is 0 Å². The highest BCUT2D eigenvalue weighted by molar-refractivity contribution is 9.10. The Balaban J connectivity index is 2.21. The Morgan fingerprint density at radius 3 is 2.81 bits per heavy atom. The lowest BCUT2D eigenvalue weighted by Crippen LogP contribution is -2.50. The van der Waals surface area contributed by atoms with Gasteiger partial charge >= 0.3 is 0 Å². The molecule has 1 aromatic heterocycles. The van der Waals surface area contributed by atoms with Crippen LogP contribution in [-0.2, 0) is 21.3 Å². The van der Waals surface area contributed by atoms with Crippen LogP contribution in [0.15, 0.2) is 20.0 Å². The van der Waals surface area contributed by atoms with Crippen molar-refractivity contribution in [2.45, 2.75) is 50.3 Å². The van der Waals surface area contributed by atoms with Crippen molar-refractivity contribution in [3.8, 4) is 0 Å². The first-order valence-corrected chi connectivity index (χ1v) is 9.20. The number of furan rings is 1. The van der Waals surface area contributed by atoms with Crippen molar-refractivity contribution in [1.82, 2.24) is 10.0 Å². The molecule has 1 aliphatic heterocycles. The van der Waals surface area contributed by atoms with E-state index in [0.717, 1.165) is 6.54 Å². The summed E-state index contributed by atoms with van der Waals surface area (Å²) in [4.78, 5) is 0.121. The van der Waals surface area contributed by atoms with E-state index >= 15 is 0 Å². The van der Waals surface area contributed by atoms with Crippen LogP contribution in [0.3, 0.4) is 0 Å². The molecule has 8 heteroatoms. The van der Waals surface area contributed by atoms with Crippen LogP contribution in [0.25, 0.3) is 0 Å². The van der Waals surface area contributed by atoms with E-state index in [9.17, 15) is 8.42 Å². The van der Waals surface area contributed by atoms with Crippen molar-refractivity contribution >= 4 is 26.0 Å². The summed E-state index contributed by atoms with van der Waals surface area (Å²) in [5.41, 5.74) is -0.600. The monoisotopic (exact) mass is 380 g/mol. The first kappa shape index (κ1) is 17.0. The third-order valence-corrected chi connectivity index (χ3v) is 6.27. The maximum atomic E-state index is 12.6. The highest BCUT2D eigenvalue weighted by Crippen LogP contribution is 2.31. The van der Waals surface area contributed by atoms with Crippen molar-refractivity contribution in [3.63, 3.8) is 0 Å². The van der Waals surface area contributed by atoms with Gasteiger partial charge in [0.1, 0.15) is 10.7 Å². The van der Waals surface area contributed by atoms with Crippen molar-refractivity contribution in [3.05, 3.63) is 16.5 Å². The summed E-state index contributed by atoms with van der Waals surface area (Å²) in [6.07, 6.45) is 0.479. The average molecular weight is 381 g/mol. The molecule has 0 amide bonds. The second kappa shape index (κ2) is 6.37. The number of ether oxygens (including phenoxy) is 1. The lowest BCUT2D eigenvalue weighted by molar-refractivity contribution is 0.0957. The van der Waals surface area contributed by atoms with Gasteiger partial charge in [0, 0.05) is 12.7 Å². The molecule has 0 bridgehead atoms. The van der Waals surface area contributed by atoms with Crippen molar-refractivity contribution in [2.75, 3.05) is 13.2 Å². The molecule has 1 fully saturated rings. The third-order valence-electron chi connectivity index (χ3n) is 3.80. The molecule has 0 radical (unpaired) electrons. The van der Waals surface area contributed by atoms with Crippen molar-refractivity contribution in [2.24, 2.45) is 0 Å². The lowest BCUT2D eigenvalue weighted by Gasteiger charge is -2.28. The highest BCUT2D eigenvalue weighted by atomic mass is 79.9. The SMILES string of the molecule is CCNCc1cc(S(=O)(=O)NC2(C)CCOC2C)c(Br)o1. The van der Waals surface area contributed by atoms with Crippen LogP contribution in [-0.4, -0.2) is 33.2 Å². The Bertz CT molecular complexity index is 601. The predicted octanol–water partition coefficient (Wildman–Crippen LogP) is 2.00. The molecule has 6 nitrogen and oxygen atoms in total. The molecule has 0 saturated carbocycles. The van der Waals surface area contributed by atoms with Crippen LogP contribution in [0, 0.1) is 0 Å². The van der Waals surface area contributed by atoms with E-state index in [1.54, 1.807) is 6.07 Å².